The first kappa shape index (κ1) is 21.3. The van der Waals surface area contributed by atoms with E-state index in [1.54, 1.807) is 0 Å². The Kier molecular flexibility index (Phi) is 5.98. The van der Waals surface area contributed by atoms with Gasteiger partial charge in [-0.1, -0.05) is 13.0 Å². The van der Waals surface area contributed by atoms with Crippen LogP contribution in [-0.4, -0.2) is 42.6 Å². The molecule has 152 valence electrons. The second-order valence-corrected chi connectivity index (χ2v) is 6.35. The molecule has 0 spiro atoms. The molecule has 1 saturated heterocycles. The number of hydrogen-bond donors (Lipinski definition) is 0. The van der Waals surface area contributed by atoms with Gasteiger partial charge in [-0.25, -0.2) is 18.6 Å². The van der Waals surface area contributed by atoms with E-state index in [1.807, 2.05) is 0 Å². The van der Waals surface area contributed by atoms with Crippen LogP contribution in [0.4, 0.5) is 22.0 Å². The van der Waals surface area contributed by atoms with Crippen LogP contribution < -0.4 is 4.74 Å². The number of esters is 1. The molecule has 0 amide bonds. The second-order valence-electron chi connectivity index (χ2n) is 6.35. The molecule has 1 aromatic rings. The normalized spacial score (nSPS) is 28.4. The van der Waals surface area contributed by atoms with Crippen molar-refractivity contribution in [1.29, 1.82) is 0 Å². The van der Waals surface area contributed by atoms with Gasteiger partial charge < -0.3 is 14.2 Å². The standard InChI is InChI=1S/C17H20F5NO4/c1-5-26-15(24)12-11(8(2)16(3,27-12)17(20,21)22)9-6-7-10(13(18)19)23-14(9)25-4/h6-8,11-13H,5H2,1-4H3/t8-,11+,12+,16+/m0/s1. The lowest BCUT2D eigenvalue weighted by Gasteiger charge is -2.31. The number of aromatic nitrogens is 1. The molecule has 1 aromatic heterocycles. The summed E-state index contributed by atoms with van der Waals surface area (Å²) in [6.07, 6.45) is -9.23. The Balaban J connectivity index is 2.58. The van der Waals surface area contributed by atoms with Crippen molar-refractivity contribution in [3.8, 4) is 5.88 Å². The first-order valence-corrected chi connectivity index (χ1v) is 8.22. The monoisotopic (exact) mass is 397 g/mol. The van der Waals surface area contributed by atoms with Crippen molar-refractivity contribution in [1.82, 2.24) is 4.98 Å². The summed E-state index contributed by atoms with van der Waals surface area (Å²) < 4.78 is 81.7. The first-order chi connectivity index (χ1) is 12.5. The van der Waals surface area contributed by atoms with Crippen LogP contribution in [0.15, 0.2) is 12.1 Å². The molecule has 0 saturated carbocycles. The quantitative estimate of drug-likeness (QED) is 0.555. The van der Waals surface area contributed by atoms with Crippen molar-refractivity contribution in [3.05, 3.63) is 23.4 Å². The number of halogens is 5. The van der Waals surface area contributed by atoms with Gasteiger partial charge in [0.15, 0.2) is 11.7 Å². The van der Waals surface area contributed by atoms with Crippen LogP contribution in [0.25, 0.3) is 0 Å². The fourth-order valence-electron chi connectivity index (χ4n) is 3.23. The van der Waals surface area contributed by atoms with E-state index >= 15 is 0 Å². The summed E-state index contributed by atoms with van der Waals surface area (Å²) in [5.41, 5.74) is -3.16. The molecule has 2 heterocycles. The Hall–Kier alpha value is -1.97. The van der Waals surface area contributed by atoms with Crippen molar-refractivity contribution in [2.75, 3.05) is 13.7 Å². The SMILES string of the molecule is CCOC(=O)[C@@H]1O[C@@](C)(C(F)(F)F)[C@@H](C)[C@@H]1c1ccc(C(F)F)nc1OC. The van der Waals surface area contributed by atoms with Crippen LogP contribution in [0.2, 0.25) is 0 Å². The number of hydrogen-bond acceptors (Lipinski definition) is 5. The van der Waals surface area contributed by atoms with E-state index in [2.05, 4.69) is 4.98 Å². The van der Waals surface area contributed by atoms with Gasteiger partial charge in [0.1, 0.15) is 5.69 Å². The molecule has 1 aliphatic heterocycles. The average Bonchev–Trinajstić information content (AvgIpc) is 2.87. The third kappa shape index (κ3) is 3.71. The van der Waals surface area contributed by atoms with E-state index in [0.29, 0.717) is 0 Å². The predicted octanol–water partition coefficient (Wildman–Crippen LogP) is 4.03. The van der Waals surface area contributed by atoms with Crippen LogP contribution in [0.5, 0.6) is 5.88 Å². The van der Waals surface area contributed by atoms with Gasteiger partial charge in [0.05, 0.1) is 13.7 Å². The molecule has 1 aliphatic rings. The maximum Gasteiger partial charge on any atom is 0.417 e. The molecule has 0 unspecified atom stereocenters. The number of pyridine rings is 1. The van der Waals surface area contributed by atoms with Crippen LogP contribution in [-0.2, 0) is 14.3 Å². The van der Waals surface area contributed by atoms with Crippen LogP contribution in [0, 0.1) is 5.92 Å². The highest BCUT2D eigenvalue weighted by molar-refractivity contribution is 5.77. The summed E-state index contributed by atoms with van der Waals surface area (Å²) in [5, 5.41) is 0. The first-order valence-electron chi connectivity index (χ1n) is 8.22. The summed E-state index contributed by atoms with van der Waals surface area (Å²) in [5.74, 6) is -3.64. The van der Waals surface area contributed by atoms with Crippen molar-refractivity contribution < 1.29 is 41.0 Å². The van der Waals surface area contributed by atoms with E-state index in [9.17, 15) is 26.7 Å². The molecule has 1 fully saturated rings. The molecule has 27 heavy (non-hydrogen) atoms. The summed E-state index contributed by atoms with van der Waals surface area (Å²) in [6.45, 7) is 3.57. The number of methoxy groups -OCH3 is 1. The number of ether oxygens (including phenoxy) is 3. The summed E-state index contributed by atoms with van der Waals surface area (Å²) in [4.78, 5) is 15.9. The molecular formula is C17H20F5NO4. The largest absolute Gasteiger partial charge is 0.481 e. The molecule has 0 radical (unpaired) electrons. The smallest absolute Gasteiger partial charge is 0.417 e. The van der Waals surface area contributed by atoms with Gasteiger partial charge in [-0.2, -0.15) is 13.2 Å². The van der Waals surface area contributed by atoms with Crippen LogP contribution in [0.1, 0.15) is 44.4 Å². The lowest BCUT2D eigenvalue weighted by Crippen LogP contribution is -2.47. The van der Waals surface area contributed by atoms with Gasteiger partial charge in [-0.3, -0.25) is 0 Å². The Labute approximate surface area is 152 Å². The molecule has 5 nitrogen and oxygen atoms in total. The number of carbonyl (C=O) groups excluding carboxylic acids is 1. The van der Waals surface area contributed by atoms with Crippen LogP contribution >= 0.6 is 0 Å². The van der Waals surface area contributed by atoms with Gasteiger partial charge in [-0.15, -0.1) is 0 Å². The van der Waals surface area contributed by atoms with E-state index in [0.717, 1.165) is 20.1 Å². The van der Waals surface area contributed by atoms with Gasteiger partial charge >= 0.3 is 12.1 Å². The lowest BCUT2D eigenvalue weighted by atomic mass is 9.77. The fourth-order valence-corrected chi connectivity index (χ4v) is 3.23. The minimum Gasteiger partial charge on any atom is -0.481 e. The van der Waals surface area contributed by atoms with Crippen molar-refractivity contribution in [3.63, 3.8) is 0 Å². The van der Waals surface area contributed by atoms with Crippen molar-refractivity contribution in [2.24, 2.45) is 5.92 Å². The molecule has 0 aliphatic carbocycles. The Morgan fingerprint density at radius 3 is 2.48 bits per heavy atom. The highest BCUT2D eigenvalue weighted by Crippen LogP contribution is 2.54. The maximum absolute atomic E-state index is 13.6. The third-order valence-electron chi connectivity index (χ3n) is 4.87. The minimum atomic E-state index is -4.77. The zero-order valence-electron chi connectivity index (χ0n) is 15.1. The summed E-state index contributed by atoms with van der Waals surface area (Å²) >= 11 is 0. The lowest BCUT2D eigenvalue weighted by molar-refractivity contribution is -0.274. The number of rotatable bonds is 5. The molecule has 0 N–H and O–H groups in total. The maximum atomic E-state index is 13.6. The topological polar surface area (TPSA) is 57.7 Å². The number of nitrogens with zero attached hydrogens (tertiary/aromatic N) is 1. The van der Waals surface area contributed by atoms with Crippen LogP contribution in [0.3, 0.4) is 0 Å². The number of carbonyl (C=O) groups is 1. The van der Waals surface area contributed by atoms with Gasteiger partial charge in [-0.05, 0) is 19.9 Å². The third-order valence-corrected chi connectivity index (χ3v) is 4.87. The Morgan fingerprint density at radius 2 is 2.00 bits per heavy atom. The molecule has 2 rings (SSSR count). The summed E-state index contributed by atoms with van der Waals surface area (Å²) in [6, 6.07) is 2.17. The molecule has 4 atom stereocenters. The molecular weight excluding hydrogens is 377 g/mol. The van der Waals surface area contributed by atoms with E-state index in [-0.39, 0.29) is 18.1 Å². The fraction of sp³-hybridized carbons (Fsp3) is 0.647. The van der Waals surface area contributed by atoms with E-state index in [4.69, 9.17) is 14.2 Å². The highest BCUT2D eigenvalue weighted by atomic mass is 19.4. The molecule has 0 bridgehead atoms. The highest BCUT2D eigenvalue weighted by Gasteiger charge is 2.66. The molecule has 10 heteroatoms. The average molecular weight is 397 g/mol. The van der Waals surface area contributed by atoms with E-state index in [1.165, 1.54) is 19.9 Å². The second kappa shape index (κ2) is 7.57. The van der Waals surface area contributed by atoms with E-state index < -0.39 is 47.8 Å². The predicted molar refractivity (Wildman–Crippen MR) is 83.6 cm³/mol. The number of alkyl halides is 5. The molecule has 0 aromatic carbocycles. The van der Waals surface area contributed by atoms with Gasteiger partial charge in [0.25, 0.3) is 6.43 Å². The minimum absolute atomic E-state index is 0.0533. The Morgan fingerprint density at radius 1 is 1.37 bits per heavy atom. The van der Waals surface area contributed by atoms with Gasteiger partial charge in [0, 0.05) is 17.4 Å². The Bertz CT molecular complexity index is 696. The van der Waals surface area contributed by atoms with Gasteiger partial charge in [0.2, 0.25) is 5.88 Å². The zero-order chi connectivity index (χ0) is 20.6. The van der Waals surface area contributed by atoms with Crippen molar-refractivity contribution >= 4 is 5.97 Å². The summed E-state index contributed by atoms with van der Waals surface area (Å²) in [7, 11) is 1.16. The zero-order valence-corrected chi connectivity index (χ0v) is 15.1. The van der Waals surface area contributed by atoms with Crippen molar-refractivity contribution in [2.45, 2.75) is 51.0 Å².